The molecule has 0 bridgehead atoms. The molecule has 0 radical (unpaired) electrons. The Kier molecular flexibility index (Phi) is 4.03. The molecule has 1 aliphatic rings. The van der Waals surface area contributed by atoms with Gasteiger partial charge in [0.15, 0.2) is 4.96 Å². The summed E-state index contributed by atoms with van der Waals surface area (Å²) in [6.07, 6.45) is 4.19. The molecule has 0 spiro atoms. The molecule has 1 saturated heterocycles. The Bertz CT molecular complexity index is 700. The first-order valence-corrected chi connectivity index (χ1v) is 8.05. The van der Waals surface area contributed by atoms with Gasteiger partial charge in [-0.25, -0.2) is 4.98 Å². The molecule has 0 aromatic carbocycles. The first-order valence-electron chi connectivity index (χ1n) is 7.17. The molecule has 3 rings (SSSR count). The predicted molar refractivity (Wildman–Crippen MR) is 82.0 cm³/mol. The molecule has 7 heteroatoms. The van der Waals surface area contributed by atoms with Crippen LogP contribution in [0.1, 0.15) is 23.7 Å². The Balaban J connectivity index is 1.78. The summed E-state index contributed by atoms with van der Waals surface area (Å²) >= 11 is 1.38. The van der Waals surface area contributed by atoms with Crippen LogP contribution in [0.25, 0.3) is 4.96 Å². The van der Waals surface area contributed by atoms with Crippen LogP contribution < -0.4 is 5.56 Å². The number of fused-ring (bicyclic) bond motifs is 1. The highest BCUT2D eigenvalue weighted by Gasteiger charge is 2.24. The average molecular weight is 306 g/mol. The van der Waals surface area contributed by atoms with Gasteiger partial charge < -0.3 is 4.90 Å². The van der Waals surface area contributed by atoms with Crippen molar-refractivity contribution in [2.75, 3.05) is 32.7 Å². The molecule has 1 amide bonds. The molecule has 6 nitrogen and oxygen atoms in total. The van der Waals surface area contributed by atoms with Crippen LogP contribution in [0.2, 0.25) is 0 Å². The summed E-state index contributed by atoms with van der Waals surface area (Å²) in [4.78, 5) is 33.7. The van der Waals surface area contributed by atoms with Gasteiger partial charge >= 0.3 is 0 Å². The summed E-state index contributed by atoms with van der Waals surface area (Å²) in [6, 6.07) is 0. The number of thiazole rings is 1. The molecule has 21 heavy (non-hydrogen) atoms. The molecular weight excluding hydrogens is 288 g/mol. The number of carbonyl (C=O) groups excluding carboxylic acids is 1. The largest absolute Gasteiger partial charge is 0.336 e. The number of piperazine rings is 1. The molecule has 0 N–H and O–H groups in total. The second-order valence-corrected chi connectivity index (χ2v) is 6.04. The summed E-state index contributed by atoms with van der Waals surface area (Å²) < 4.78 is 1.44. The van der Waals surface area contributed by atoms with Crippen molar-refractivity contribution in [2.45, 2.75) is 13.3 Å². The van der Waals surface area contributed by atoms with Crippen LogP contribution in [0.4, 0.5) is 0 Å². The SMILES string of the molecule is CCCN1CCN(C(=O)c2cnc3sccn3c2=O)CC1. The Morgan fingerprint density at radius 1 is 1.33 bits per heavy atom. The third-order valence-electron chi connectivity index (χ3n) is 3.77. The second-order valence-electron chi connectivity index (χ2n) is 5.17. The van der Waals surface area contributed by atoms with Crippen molar-refractivity contribution < 1.29 is 4.79 Å². The molecule has 112 valence electrons. The zero-order valence-corrected chi connectivity index (χ0v) is 12.8. The van der Waals surface area contributed by atoms with E-state index in [2.05, 4.69) is 16.8 Å². The van der Waals surface area contributed by atoms with E-state index < -0.39 is 0 Å². The Morgan fingerprint density at radius 3 is 2.81 bits per heavy atom. The van der Waals surface area contributed by atoms with Gasteiger partial charge in [-0.2, -0.15) is 0 Å². The van der Waals surface area contributed by atoms with Gasteiger partial charge in [-0.3, -0.25) is 18.9 Å². The van der Waals surface area contributed by atoms with Gasteiger partial charge in [0, 0.05) is 44.0 Å². The number of hydrogen-bond donors (Lipinski definition) is 0. The summed E-state index contributed by atoms with van der Waals surface area (Å²) in [7, 11) is 0. The first kappa shape index (κ1) is 14.2. The zero-order chi connectivity index (χ0) is 14.8. The van der Waals surface area contributed by atoms with Crippen molar-refractivity contribution in [1.29, 1.82) is 0 Å². The van der Waals surface area contributed by atoms with Gasteiger partial charge in [0.25, 0.3) is 11.5 Å². The maximum Gasteiger partial charge on any atom is 0.271 e. The zero-order valence-electron chi connectivity index (χ0n) is 12.0. The van der Waals surface area contributed by atoms with Crippen LogP contribution in [0.15, 0.2) is 22.6 Å². The molecule has 2 aromatic heterocycles. The van der Waals surface area contributed by atoms with Crippen LogP contribution in [0.3, 0.4) is 0 Å². The Morgan fingerprint density at radius 2 is 2.10 bits per heavy atom. The van der Waals surface area contributed by atoms with E-state index in [4.69, 9.17) is 0 Å². The number of carbonyl (C=O) groups is 1. The fourth-order valence-corrected chi connectivity index (χ4v) is 3.31. The smallest absolute Gasteiger partial charge is 0.271 e. The van der Waals surface area contributed by atoms with E-state index in [1.807, 2.05) is 0 Å². The minimum absolute atomic E-state index is 0.162. The van der Waals surface area contributed by atoms with Crippen molar-refractivity contribution in [3.63, 3.8) is 0 Å². The van der Waals surface area contributed by atoms with E-state index in [0.29, 0.717) is 18.1 Å². The molecule has 1 aliphatic heterocycles. The van der Waals surface area contributed by atoms with E-state index >= 15 is 0 Å². The summed E-state index contributed by atoms with van der Waals surface area (Å²) in [5.74, 6) is -0.204. The van der Waals surface area contributed by atoms with Gasteiger partial charge in [-0.15, -0.1) is 11.3 Å². The van der Waals surface area contributed by atoms with Gasteiger partial charge in [-0.05, 0) is 13.0 Å². The van der Waals surface area contributed by atoms with Gasteiger partial charge in [0.05, 0.1) is 0 Å². The van der Waals surface area contributed by atoms with Gasteiger partial charge in [0.2, 0.25) is 0 Å². The molecule has 1 fully saturated rings. The standard InChI is InChI=1S/C14H18N4O2S/c1-2-3-16-4-6-17(7-5-16)12(19)11-10-15-14-18(13(11)20)8-9-21-14/h8-10H,2-7H2,1H3. The lowest BCUT2D eigenvalue weighted by Crippen LogP contribution is -2.49. The molecule has 0 unspecified atom stereocenters. The molecule has 0 aliphatic carbocycles. The fraction of sp³-hybridized carbons (Fsp3) is 0.500. The molecule has 0 saturated carbocycles. The highest BCUT2D eigenvalue weighted by Crippen LogP contribution is 2.09. The predicted octanol–water partition coefficient (Wildman–Crippen LogP) is 0.924. The van der Waals surface area contributed by atoms with Crippen LogP contribution in [-0.2, 0) is 0 Å². The van der Waals surface area contributed by atoms with Crippen molar-refractivity contribution in [2.24, 2.45) is 0 Å². The lowest BCUT2D eigenvalue weighted by atomic mass is 10.2. The summed E-state index contributed by atoms with van der Waals surface area (Å²) in [5.41, 5.74) is -0.114. The van der Waals surface area contributed by atoms with Gasteiger partial charge in [-0.1, -0.05) is 6.92 Å². The van der Waals surface area contributed by atoms with Crippen LogP contribution >= 0.6 is 11.3 Å². The van der Waals surface area contributed by atoms with Crippen molar-refractivity contribution in [3.05, 3.63) is 33.7 Å². The van der Waals surface area contributed by atoms with E-state index in [0.717, 1.165) is 26.1 Å². The van der Waals surface area contributed by atoms with E-state index in [1.54, 1.807) is 16.5 Å². The topological polar surface area (TPSA) is 57.9 Å². The highest BCUT2D eigenvalue weighted by molar-refractivity contribution is 7.15. The van der Waals surface area contributed by atoms with E-state index in [-0.39, 0.29) is 17.0 Å². The molecular formula is C14H18N4O2S. The first-order chi connectivity index (χ1) is 10.2. The van der Waals surface area contributed by atoms with E-state index in [1.165, 1.54) is 21.9 Å². The normalized spacial score (nSPS) is 16.5. The van der Waals surface area contributed by atoms with E-state index in [9.17, 15) is 9.59 Å². The number of aromatic nitrogens is 2. The summed E-state index contributed by atoms with van der Waals surface area (Å²) in [6.45, 7) is 6.30. The third-order valence-corrected chi connectivity index (χ3v) is 4.54. The quantitative estimate of drug-likeness (QED) is 0.846. The lowest BCUT2D eigenvalue weighted by Gasteiger charge is -2.34. The Labute approximate surface area is 126 Å². The van der Waals surface area contributed by atoms with Crippen molar-refractivity contribution in [3.8, 4) is 0 Å². The Hall–Kier alpha value is -1.73. The van der Waals surface area contributed by atoms with Crippen LogP contribution in [0, 0.1) is 0 Å². The average Bonchev–Trinajstić information content (AvgIpc) is 2.98. The maximum absolute atomic E-state index is 12.5. The van der Waals surface area contributed by atoms with Crippen LogP contribution in [0.5, 0.6) is 0 Å². The van der Waals surface area contributed by atoms with Crippen molar-refractivity contribution >= 4 is 22.2 Å². The molecule has 0 atom stereocenters. The summed E-state index contributed by atoms with van der Waals surface area (Å²) in [5, 5.41) is 1.79. The number of amides is 1. The van der Waals surface area contributed by atoms with Crippen LogP contribution in [-0.4, -0.2) is 57.8 Å². The fourth-order valence-electron chi connectivity index (χ4n) is 2.63. The molecule has 2 aromatic rings. The van der Waals surface area contributed by atoms with Gasteiger partial charge in [0.1, 0.15) is 5.56 Å². The monoisotopic (exact) mass is 306 g/mol. The minimum Gasteiger partial charge on any atom is -0.336 e. The number of hydrogen-bond acceptors (Lipinski definition) is 5. The lowest BCUT2D eigenvalue weighted by molar-refractivity contribution is 0.0635. The highest BCUT2D eigenvalue weighted by atomic mass is 32.1. The minimum atomic E-state index is -0.276. The number of nitrogens with zero attached hydrogens (tertiary/aromatic N) is 4. The third kappa shape index (κ3) is 2.71. The maximum atomic E-state index is 12.5. The second kappa shape index (κ2) is 5.95. The van der Waals surface area contributed by atoms with Crippen molar-refractivity contribution in [1.82, 2.24) is 19.2 Å². The number of rotatable bonds is 3. The molecule has 3 heterocycles.